The van der Waals surface area contributed by atoms with E-state index in [1.54, 1.807) is 12.1 Å². The molecular weight excluding hydrogens is 314 g/mol. The Morgan fingerprint density at radius 2 is 1.96 bits per heavy atom. The summed E-state index contributed by atoms with van der Waals surface area (Å²) >= 11 is 0. The zero-order valence-electron chi connectivity index (χ0n) is 14.4. The Bertz CT molecular complexity index is 522. The van der Waals surface area contributed by atoms with Gasteiger partial charge in [0.25, 0.3) is 5.91 Å². The Labute approximate surface area is 142 Å². The molecule has 0 heterocycles. The van der Waals surface area contributed by atoms with Crippen molar-refractivity contribution >= 4 is 5.91 Å². The quantitative estimate of drug-likeness (QED) is 0.797. The van der Waals surface area contributed by atoms with Gasteiger partial charge in [-0.15, -0.1) is 0 Å². The van der Waals surface area contributed by atoms with E-state index in [1.807, 2.05) is 7.05 Å². The smallest absolute Gasteiger partial charge is 0.387 e. The molecule has 1 amide bonds. The highest BCUT2D eigenvalue weighted by molar-refractivity contribution is 5.77. The minimum Gasteiger partial charge on any atom is -0.435 e. The number of halogens is 2. The highest BCUT2D eigenvalue weighted by Crippen LogP contribution is 2.23. The summed E-state index contributed by atoms with van der Waals surface area (Å²) in [5.41, 5.74) is 0.980. The second-order valence-electron chi connectivity index (χ2n) is 6.77. The van der Waals surface area contributed by atoms with Gasteiger partial charge in [-0.1, -0.05) is 19.8 Å². The SMILES string of the molecule is C[C@@H]1CCCC[C@H]1NC(=O)C[NH+](C)Cc1ccc(OC(F)F)cc1. The van der Waals surface area contributed by atoms with E-state index in [0.29, 0.717) is 25.0 Å². The van der Waals surface area contributed by atoms with Gasteiger partial charge in [-0.3, -0.25) is 4.79 Å². The van der Waals surface area contributed by atoms with Crippen LogP contribution in [0.4, 0.5) is 8.78 Å². The van der Waals surface area contributed by atoms with Gasteiger partial charge in [0, 0.05) is 11.6 Å². The summed E-state index contributed by atoms with van der Waals surface area (Å²) in [6.45, 7) is 0.445. The fraction of sp³-hybridized carbons (Fsp3) is 0.611. The molecule has 1 aliphatic rings. The summed E-state index contributed by atoms with van der Waals surface area (Å²) < 4.78 is 28.6. The molecule has 0 spiro atoms. The van der Waals surface area contributed by atoms with Crippen LogP contribution in [0.15, 0.2) is 24.3 Å². The molecule has 6 heteroatoms. The van der Waals surface area contributed by atoms with E-state index in [0.717, 1.165) is 16.9 Å². The van der Waals surface area contributed by atoms with E-state index >= 15 is 0 Å². The second-order valence-corrected chi connectivity index (χ2v) is 6.77. The summed E-state index contributed by atoms with van der Waals surface area (Å²) in [5, 5.41) is 3.15. The van der Waals surface area contributed by atoms with Crippen LogP contribution in [0, 0.1) is 5.92 Å². The molecule has 1 saturated carbocycles. The van der Waals surface area contributed by atoms with Crippen molar-refractivity contribution in [2.24, 2.45) is 5.92 Å². The lowest BCUT2D eigenvalue weighted by Gasteiger charge is -2.29. The van der Waals surface area contributed by atoms with Crippen LogP contribution in [0.1, 0.15) is 38.2 Å². The van der Waals surface area contributed by atoms with Crippen LogP contribution in [-0.2, 0) is 11.3 Å². The lowest BCUT2D eigenvalue weighted by molar-refractivity contribution is -0.885. The highest BCUT2D eigenvalue weighted by Gasteiger charge is 2.23. The van der Waals surface area contributed by atoms with Gasteiger partial charge in [-0.2, -0.15) is 8.78 Å². The third-order valence-electron chi connectivity index (χ3n) is 4.57. The molecule has 1 aromatic rings. The minimum absolute atomic E-state index is 0.0731. The molecule has 0 aromatic heterocycles. The van der Waals surface area contributed by atoms with Gasteiger partial charge in [0.1, 0.15) is 12.3 Å². The maximum absolute atomic E-state index is 12.2. The minimum atomic E-state index is -2.81. The summed E-state index contributed by atoms with van der Waals surface area (Å²) in [6, 6.07) is 6.85. The number of carbonyl (C=O) groups is 1. The first-order valence-electron chi connectivity index (χ1n) is 8.58. The number of likely N-dealkylation sites (N-methyl/N-ethyl adjacent to an activating group) is 1. The normalized spacial score (nSPS) is 22.2. The molecule has 0 bridgehead atoms. The average Bonchev–Trinajstić information content (AvgIpc) is 2.51. The molecule has 1 aromatic carbocycles. The first-order valence-corrected chi connectivity index (χ1v) is 8.58. The molecule has 24 heavy (non-hydrogen) atoms. The number of hydrogen-bond donors (Lipinski definition) is 2. The molecule has 1 unspecified atom stereocenters. The van der Waals surface area contributed by atoms with Gasteiger partial charge in [0.05, 0.1) is 7.05 Å². The van der Waals surface area contributed by atoms with E-state index in [-0.39, 0.29) is 11.7 Å². The molecular formula is C18H27F2N2O2+. The highest BCUT2D eigenvalue weighted by atomic mass is 19.3. The van der Waals surface area contributed by atoms with Gasteiger partial charge in [0.2, 0.25) is 0 Å². The van der Waals surface area contributed by atoms with Crippen LogP contribution < -0.4 is 15.0 Å². The van der Waals surface area contributed by atoms with Crippen molar-refractivity contribution in [2.75, 3.05) is 13.6 Å². The molecule has 1 aliphatic carbocycles. The molecule has 2 N–H and O–H groups in total. The third-order valence-corrected chi connectivity index (χ3v) is 4.57. The van der Waals surface area contributed by atoms with Crippen LogP contribution in [0.2, 0.25) is 0 Å². The van der Waals surface area contributed by atoms with Crippen LogP contribution in [0.5, 0.6) is 5.75 Å². The maximum Gasteiger partial charge on any atom is 0.387 e. The average molecular weight is 341 g/mol. The van der Waals surface area contributed by atoms with Crippen molar-refractivity contribution in [3.63, 3.8) is 0 Å². The molecule has 3 atom stereocenters. The zero-order valence-corrected chi connectivity index (χ0v) is 14.4. The second kappa shape index (κ2) is 8.97. The summed E-state index contributed by atoms with van der Waals surface area (Å²) in [5.74, 6) is 0.768. The first-order chi connectivity index (χ1) is 11.4. The van der Waals surface area contributed by atoms with E-state index in [2.05, 4.69) is 17.0 Å². The number of carbonyl (C=O) groups excluding carboxylic acids is 1. The van der Waals surface area contributed by atoms with Crippen LogP contribution in [0.3, 0.4) is 0 Å². The molecule has 2 rings (SSSR count). The predicted molar refractivity (Wildman–Crippen MR) is 88.1 cm³/mol. The Balaban J connectivity index is 1.77. The summed E-state index contributed by atoms with van der Waals surface area (Å²) in [7, 11) is 1.95. The van der Waals surface area contributed by atoms with Crippen LogP contribution in [0.25, 0.3) is 0 Å². The Morgan fingerprint density at radius 3 is 2.58 bits per heavy atom. The van der Waals surface area contributed by atoms with Gasteiger partial charge in [0.15, 0.2) is 6.54 Å². The van der Waals surface area contributed by atoms with Gasteiger partial charge in [-0.25, -0.2) is 0 Å². The number of quaternary nitrogens is 1. The zero-order chi connectivity index (χ0) is 17.5. The number of ether oxygens (including phenoxy) is 1. The molecule has 0 aliphatic heterocycles. The fourth-order valence-electron chi connectivity index (χ4n) is 3.26. The van der Waals surface area contributed by atoms with Gasteiger partial charge >= 0.3 is 6.61 Å². The topological polar surface area (TPSA) is 42.8 Å². The standard InChI is InChI=1S/C18H26F2N2O2/c1-13-5-3-4-6-16(13)21-17(23)12-22(2)11-14-7-9-15(10-8-14)24-18(19)20/h7-10,13,16,18H,3-6,11-12H2,1-2H3,(H,21,23)/p+1/t13-,16-/m1/s1. The lowest BCUT2D eigenvalue weighted by Crippen LogP contribution is -3.09. The molecule has 1 fully saturated rings. The van der Waals surface area contributed by atoms with Crippen LogP contribution >= 0.6 is 0 Å². The number of amides is 1. The number of nitrogens with one attached hydrogen (secondary N) is 2. The van der Waals surface area contributed by atoms with Crippen molar-refractivity contribution in [3.05, 3.63) is 29.8 Å². The summed E-state index contributed by atoms with van der Waals surface area (Å²) in [4.78, 5) is 13.3. The first kappa shape index (κ1) is 18.6. The van der Waals surface area contributed by atoms with Crippen molar-refractivity contribution < 1.29 is 23.2 Å². The Kier molecular flexibility index (Phi) is 6.97. The fourth-order valence-corrected chi connectivity index (χ4v) is 3.26. The van der Waals surface area contributed by atoms with E-state index < -0.39 is 6.61 Å². The van der Waals surface area contributed by atoms with Crippen molar-refractivity contribution in [1.82, 2.24) is 5.32 Å². The molecule has 134 valence electrons. The Hall–Kier alpha value is -1.69. The summed E-state index contributed by atoms with van der Waals surface area (Å²) in [6.07, 6.45) is 4.69. The van der Waals surface area contributed by atoms with E-state index in [9.17, 15) is 13.6 Å². The third kappa shape index (κ3) is 6.07. The van der Waals surface area contributed by atoms with E-state index in [4.69, 9.17) is 0 Å². The number of rotatable bonds is 7. The Morgan fingerprint density at radius 1 is 1.29 bits per heavy atom. The molecule has 0 saturated heterocycles. The number of benzene rings is 1. The number of alkyl halides is 2. The van der Waals surface area contributed by atoms with Crippen molar-refractivity contribution in [1.29, 1.82) is 0 Å². The van der Waals surface area contributed by atoms with E-state index in [1.165, 1.54) is 31.4 Å². The largest absolute Gasteiger partial charge is 0.435 e. The maximum atomic E-state index is 12.2. The van der Waals surface area contributed by atoms with Crippen molar-refractivity contribution in [3.8, 4) is 5.75 Å². The predicted octanol–water partition coefficient (Wildman–Crippen LogP) is 2.00. The number of hydrogen-bond acceptors (Lipinski definition) is 2. The van der Waals surface area contributed by atoms with Gasteiger partial charge < -0.3 is 15.0 Å². The molecule has 0 radical (unpaired) electrons. The lowest BCUT2D eigenvalue weighted by atomic mass is 9.86. The van der Waals surface area contributed by atoms with Gasteiger partial charge in [-0.05, 0) is 43.0 Å². The molecule has 4 nitrogen and oxygen atoms in total. The van der Waals surface area contributed by atoms with Crippen LogP contribution in [-0.4, -0.2) is 32.2 Å². The monoisotopic (exact) mass is 341 g/mol. The van der Waals surface area contributed by atoms with Crippen molar-refractivity contribution in [2.45, 2.75) is 51.8 Å².